The molecule has 0 bridgehead atoms. The van der Waals surface area contributed by atoms with Crippen LogP contribution in [0.15, 0.2) is 0 Å². The summed E-state index contributed by atoms with van der Waals surface area (Å²) in [4.78, 5) is 26.8. The molecule has 5 nitrogen and oxygen atoms in total. The molecule has 0 aromatic carbocycles. The number of carbonyl (C=O) groups excluding carboxylic acids is 2. The first-order valence-electron chi connectivity index (χ1n) is 7.41. The number of methoxy groups -OCH3 is 1. The maximum atomic E-state index is 12.7. The van der Waals surface area contributed by atoms with E-state index in [1.165, 1.54) is 0 Å². The molecule has 0 aromatic heterocycles. The smallest absolute Gasteiger partial charge is 0.246 e. The topological polar surface area (TPSA) is 58.6 Å². The molecule has 0 saturated carbocycles. The first-order chi connectivity index (χ1) is 9.29. The molecule has 1 saturated heterocycles. The summed E-state index contributed by atoms with van der Waals surface area (Å²) in [6.07, 6.45) is 0.672. The number of rotatable bonds is 6. The summed E-state index contributed by atoms with van der Waals surface area (Å²) in [5, 5.41) is 2.88. The molecule has 3 atom stereocenters. The SMILES string of the molecule is COCC(C)N1C(=O)C(CC(C)C)NC(=O)C1C(C)C. The lowest BCUT2D eigenvalue weighted by atomic mass is 9.92. The monoisotopic (exact) mass is 284 g/mol. The van der Waals surface area contributed by atoms with Gasteiger partial charge >= 0.3 is 0 Å². The van der Waals surface area contributed by atoms with E-state index in [1.54, 1.807) is 12.0 Å². The maximum Gasteiger partial charge on any atom is 0.246 e. The second kappa shape index (κ2) is 7.07. The summed E-state index contributed by atoms with van der Waals surface area (Å²) in [5.41, 5.74) is 0. The largest absolute Gasteiger partial charge is 0.383 e. The van der Waals surface area contributed by atoms with Crippen LogP contribution in [0.4, 0.5) is 0 Å². The lowest BCUT2D eigenvalue weighted by Crippen LogP contribution is -2.67. The zero-order valence-electron chi connectivity index (χ0n) is 13.5. The predicted octanol–water partition coefficient (Wildman–Crippen LogP) is 1.42. The molecule has 1 aliphatic heterocycles. The third-order valence-corrected chi connectivity index (χ3v) is 3.66. The number of nitrogens with one attached hydrogen (secondary N) is 1. The van der Waals surface area contributed by atoms with Gasteiger partial charge in [0.05, 0.1) is 12.6 Å². The van der Waals surface area contributed by atoms with Crippen molar-refractivity contribution in [3.8, 4) is 0 Å². The average molecular weight is 284 g/mol. The Morgan fingerprint density at radius 1 is 1.20 bits per heavy atom. The second-order valence-corrected chi connectivity index (χ2v) is 6.43. The normalized spacial score (nSPS) is 25.3. The van der Waals surface area contributed by atoms with Gasteiger partial charge < -0.3 is 15.0 Å². The highest BCUT2D eigenvalue weighted by atomic mass is 16.5. The first kappa shape index (κ1) is 17.0. The minimum Gasteiger partial charge on any atom is -0.383 e. The average Bonchev–Trinajstić information content (AvgIpc) is 2.31. The molecule has 1 rings (SSSR count). The Hall–Kier alpha value is -1.10. The van der Waals surface area contributed by atoms with E-state index in [4.69, 9.17) is 4.74 Å². The van der Waals surface area contributed by atoms with Crippen LogP contribution in [-0.4, -0.2) is 48.6 Å². The highest BCUT2D eigenvalue weighted by Crippen LogP contribution is 2.23. The number of carbonyl (C=O) groups is 2. The van der Waals surface area contributed by atoms with Crippen LogP contribution >= 0.6 is 0 Å². The van der Waals surface area contributed by atoms with Gasteiger partial charge in [-0.05, 0) is 25.2 Å². The van der Waals surface area contributed by atoms with E-state index in [2.05, 4.69) is 19.2 Å². The molecule has 2 amide bonds. The third-order valence-electron chi connectivity index (χ3n) is 3.66. The van der Waals surface area contributed by atoms with E-state index in [-0.39, 0.29) is 23.8 Å². The molecule has 0 aromatic rings. The van der Waals surface area contributed by atoms with Crippen molar-refractivity contribution in [1.82, 2.24) is 10.2 Å². The van der Waals surface area contributed by atoms with Crippen molar-refractivity contribution in [2.45, 2.75) is 59.2 Å². The molecule has 0 aliphatic carbocycles. The molecular weight excluding hydrogens is 256 g/mol. The summed E-state index contributed by atoms with van der Waals surface area (Å²) >= 11 is 0. The van der Waals surface area contributed by atoms with Crippen LogP contribution in [0.3, 0.4) is 0 Å². The summed E-state index contributed by atoms with van der Waals surface area (Å²) in [6.45, 7) is 10.4. The van der Waals surface area contributed by atoms with E-state index < -0.39 is 12.1 Å². The zero-order valence-corrected chi connectivity index (χ0v) is 13.5. The molecule has 5 heteroatoms. The third kappa shape index (κ3) is 3.72. The molecule has 1 fully saturated rings. The summed E-state index contributed by atoms with van der Waals surface area (Å²) in [7, 11) is 1.61. The van der Waals surface area contributed by atoms with Crippen molar-refractivity contribution in [1.29, 1.82) is 0 Å². The van der Waals surface area contributed by atoms with Gasteiger partial charge in [0.2, 0.25) is 11.8 Å². The molecule has 3 unspecified atom stereocenters. The van der Waals surface area contributed by atoms with Crippen molar-refractivity contribution >= 4 is 11.8 Å². The molecule has 1 aliphatic rings. The molecule has 116 valence electrons. The van der Waals surface area contributed by atoms with Crippen LogP contribution in [0.5, 0.6) is 0 Å². The fourth-order valence-corrected chi connectivity index (χ4v) is 2.83. The van der Waals surface area contributed by atoms with Gasteiger partial charge in [-0.2, -0.15) is 0 Å². The lowest BCUT2D eigenvalue weighted by molar-refractivity contribution is -0.155. The Morgan fingerprint density at radius 2 is 1.80 bits per heavy atom. The number of ether oxygens (including phenoxy) is 1. The van der Waals surface area contributed by atoms with Gasteiger partial charge in [0.1, 0.15) is 12.1 Å². The Balaban J connectivity index is 3.01. The predicted molar refractivity (Wildman–Crippen MR) is 78.2 cm³/mol. The van der Waals surface area contributed by atoms with E-state index >= 15 is 0 Å². The number of piperazine rings is 1. The number of hydrogen-bond donors (Lipinski definition) is 1. The minimum atomic E-state index is -0.406. The van der Waals surface area contributed by atoms with E-state index in [0.717, 1.165) is 0 Å². The molecule has 0 radical (unpaired) electrons. The number of nitrogens with zero attached hydrogens (tertiary/aromatic N) is 1. The Kier molecular flexibility index (Phi) is 5.99. The van der Waals surface area contributed by atoms with Crippen LogP contribution in [0.2, 0.25) is 0 Å². The zero-order chi connectivity index (χ0) is 15.4. The van der Waals surface area contributed by atoms with E-state index in [9.17, 15) is 9.59 Å². The first-order valence-corrected chi connectivity index (χ1v) is 7.41. The second-order valence-electron chi connectivity index (χ2n) is 6.43. The van der Waals surface area contributed by atoms with Crippen LogP contribution in [-0.2, 0) is 14.3 Å². The fraction of sp³-hybridized carbons (Fsp3) is 0.867. The van der Waals surface area contributed by atoms with Crippen LogP contribution < -0.4 is 5.32 Å². The quantitative estimate of drug-likeness (QED) is 0.802. The minimum absolute atomic E-state index is 0.0153. The molecule has 1 heterocycles. The molecule has 1 N–H and O–H groups in total. The number of amides is 2. The van der Waals surface area contributed by atoms with E-state index in [1.807, 2.05) is 20.8 Å². The van der Waals surface area contributed by atoms with Crippen molar-refractivity contribution in [3.63, 3.8) is 0 Å². The van der Waals surface area contributed by atoms with Crippen LogP contribution in [0.25, 0.3) is 0 Å². The van der Waals surface area contributed by atoms with Gasteiger partial charge in [0.25, 0.3) is 0 Å². The molecular formula is C15H28N2O3. The van der Waals surface area contributed by atoms with Gasteiger partial charge in [-0.3, -0.25) is 9.59 Å². The van der Waals surface area contributed by atoms with Gasteiger partial charge in [0, 0.05) is 7.11 Å². The summed E-state index contributed by atoms with van der Waals surface area (Å²) < 4.78 is 5.16. The molecule has 0 spiro atoms. The summed E-state index contributed by atoms with van der Waals surface area (Å²) in [6, 6.07) is -0.909. The summed E-state index contributed by atoms with van der Waals surface area (Å²) in [5.74, 6) is 0.410. The van der Waals surface area contributed by atoms with Crippen molar-refractivity contribution < 1.29 is 14.3 Å². The van der Waals surface area contributed by atoms with E-state index in [0.29, 0.717) is 18.9 Å². The Morgan fingerprint density at radius 3 is 2.25 bits per heavy atom. The highest BCUT2D eigenvalue weighted by Gasteiger charge is 2.43. The maximum absolute atomic E-state index is 12.7. The molecule has 20 heavy (non-hydrogen) atoms. The van der Waals surface area contributed by atoms with Crippen LogP contribution in [0, 0.1) is 11.8 Å². The lowest BCUT2D eigenvalue weighted by Gasteiger charge is -2.44. The number of hydrogen-bond acceptors (Lipinski definition) is 3. The van der Waals surface area contributed by atoms with Crippen molar-refractivity contribution in [2.24, 2.45) is 11.8 Å². The van der Waals surface area contributed by atoms with Gasteiger partial charge in [-0.1, -0.05) is 27.7 Å². The Labute approximate surface area is 122 Å². The van der Waals surface area contributed by atoms with Gasteiger partial charge in [0.15, 0.2) is 0 Å². The van der Waals surface area contributed by atoms with Crippen molar-refractivity contribution in [3.05, 3.63) is 0 Å². The van der Waals surface area contributed by atoms with Gasteiger partial charge in [-0.25, -0.2) is 0 Å². The van der Waals surface area contributed by atoms with Gasteiger partial charge in [-0.15, -0.1) is 0 Å². The fourth-order valence-electron chi connectivity index (χ4n) is 2.83. The standard InChI is InChI=1S/C15H28N2O3/c1-9(2)7-12-15(19)17(11(5)8-20-6)13(10(3)4)14(18)16-12/h9-13H,7-8H2,1-6H3,(H,16,18). The van der Waals surface area contributed by atoms with Crippen LogP contribution in [0.1, 0.15) is 41.0 Å². The highest BCUT2D eigenvalue weighted by molar-refractivity contribution is 5.97. The van der Waals surface area contributed by atoms with Crippen molar-refractivity contribution in [2.75, 3.05) is 13.7 Å². The Bertz CT molecular complexity index is 355.